The van der Waals surface area contributed by atoms with Gasteiger partial charge in [0.2, 0.25) is 0 Å². The van der Waals surface area contributed by atoms with Gasteiger partial charge >= 0.3 is 5.97 Å². The molecule has 0 aromatic heterocycles. The van der Waals surface area contributed by atoms with E-state index >= 15 is 0 Å². The Morgan fingerprint density at radius 1 is 1.50 bits per heavy atom. The molecule has 0 saturated carbocycles. The van der Waals surface area contributed by atoms with E-state index in [-0.39, 0.29) is 17.3 Å². The van der Waals surface area contributed by atoms with E-state index in [1.807, 2.05) is 19.1 Å². The zero-order valence-electron chi connectivity index (χ0n) is 9.77. The SMILES string of the molecule is CC1=CC(c2cccc(Cl)c2)C(C(=O)O)=C(N)N1. The van der Waals surface area contributed by atoms with Gasteiger partial charge in [0.1, 0.15) is 5.82 Å². The maximum Gasteiger partial charge on any atom is 0.336 e. The minimum atomic E-state index is -1.03. The summed E-state index contributed by atoms with van der Waals surface area (Å²) in [6, 6.07) is 7.12. The maximum atomic E-state index is 11.3. The number of dihydropyridines is 1. The first-order valence-corrected chi connectivity index (χ1v) is 5.80. The standard InChI is InChI=1S/C13H13ClN2O2/c1-7-5-10(8-3-2-4-9(14)6-8)11(13(17)18)12(15)16-7/h2-6,10,16H,15H2,1H3,(H,17,18). The molecule has 0 amide bonds. The van der Waals surface area contributed by atoms with E-state index in [1.165, 1.54) is 0 Å². The largest absolute Gasteiger partial charge is 0.478 e. The lowest BCUT2D eigenvalue weighted by Gasteiger charge is -2.24. The number of halogens is 1. The first-order valence-electron chi connectivity index (χ1n) is 5.43. The molecule has 5 heteroatoms. The molecule has 4 nitrogen and oxygen atoms in total. The predicted octanol–water partition coefficient (Wildman–Crippen LogP) is 2.19. The van der Waals surface area contributed by atoms with Crippen molar-refractivity contribution in [1.82, 2.24) is 5.32 Å². The van der Waals surface area contributed by atoms with Crippen molar-refractivity contribution in [2.24, 2.45) is 5.73 Å². The summed E-state index contributed by atoms with van der Waals surface area (Å²) in [5.41, 5.74) is 7.52. The quantitative estimate of drug-likeness (QED) is 0.765. The Morgan fingerprint density at radius 2 is 2.22 bits per heavy atom. The smallest absolute Gasteiger partial charge is 0.336 e. The molecule has 4 N–H and O–H groups in total. The fourth-order valence-electron chi connectivity index (χ4n) is 2.03. The van der Waals surface area contributed by atoms with Crippen molar-refractivity contribution >= 4 is 17.6 Å². The van der Waals surface area contributed by atoms with Crippen LogP contribution < -0.4 is 11.1 Å². The third-order valence-corrected chi connectivity index (χ3v) is 3.02. The summed E-state index contributed by atoms with van der Waals surface area (Å²) < 4.78 is 0. The van der Waals surface area contributed by atoms with Crippen LogP contribution >= 0.6 is 11.6 Å². The first-order chi connectivity index (χ1) is 8.49. The Hall–Kier alpha value is -1.94. The Balaban J connectivity index is 2.52. The molecule has 18 heavy (non-hydrogen) atoms. The van der Waals surface area contributed by atoms with Gasteiger partial charge in [0.25, 0.3) is 0 Å². The molecule has 94 valence electrons. The Morgan fingerprint density at radius 3 is 2.83 bits per heavy atom. The van der Waals surface area contributed by atoms with Crippen LogP contribution in [0.3, 0.4) is 0 Å². The number of allylic oxidation sites excluding steroid dienone is 2. The van der Waals surface area contributed by atoms with Crippen LogP contribution in [0, 0.1) is 0 Å². The summed E-state index contributed by atoms with van der Waals surface area (Å²) in [5, 5.41) is 12.7. The molecule has 0 spiro atoms. The molecule has 2 rings (SSSR count). The van der Waals surface area contributed by atoms with Crippen LogP contribution in [0.15, 0.2) is 47.4 Å². The lowest BCUT2D eigenvalue weighted by molar-refractivity contribution is -0.133. The molecule has 1 atom stereocenters. The van der Waals surface area contributed by atoms with Crippen molar-refractivity contribution < 1.29 is 9.90 Å². The van der Waals surface area contributed by atoms with Crippen LogP contribution in [0.2, 0.25) is 5.02 Å². The van der Waals surface area contributed by atoms with Gasteiger partial charge in [0.05, 0.1) is 5.57 Å². The molecule has 1 unspecified atom stereocenters. The van der Waals surface area contributed by atoms with E-state index in [9.17, 15) is 9.90 Å². The fourth-order valence-corrected chi connectivity index (χ4v) is 2.23. The second kappa shape index (κ2) is 4.74. The molecule has 0 radical (unpaired) electrons. The zero-order chi connectivity index (χ0) is 13.3. The number of carboxylic acid groups (broad SMARTS) is 1. The molecule has 1 aromatic carbocycles. The number of benzene rings is 1. The molecular formula is C13H13ClN2O2. The fraction of sp³-hybridized carbons (Fsp3) is 0.154. The highest BCUT2D eigenvalue weighted by Gasteiger charge is 2.27. The van der Waals surface area contributed by atoms with E-state index in [0.717, 1.165) is 11.3 Å². The third-order valence-electron chi connectivity index (χ3n) is 2.79. The molecule has 0 fully saturated rings. The normalized spacial score (nSPS) is 19.2. The number of nitrogens with two attached hydrogens (primary N) is 1. The summed E-state index contributed by atoms with van der Waals surface area (Å²) in [7, 11) is 0. The Labute approximate surface area is 110 Å². The van der Waals surface area contributed by atoms with Gasteiger partial charge in [0.15, 0.2) is 0 Å². The lowest BCUT2D eigenvalue weighted by Crippen LogP contribution is -2.30. The molecule has 1 aromatic rings. The van der Waals surface area contributed by atoms with Crippen molar-refractivity contribution in [3.05, 3.63) is 58.0 Å². The van der Waals surface area contributed by atoms with Gasteiger partial charge < -0.3 is 16.2 Å². The van der Waals surface area contributed by atoms with Crippen LogP contribution in [0.1, 0.15) is 18.4 Å². The van der Waals surface area contributed by atoms with Crippen molar-refractivity contribution in [1.29, 1.82) is 0 Å². The van der Waals surface area contributed by atoms with E-state index < -0.39 is 5.97 Å². The van der Waals surface area contributed by atoms with Gasteiger partial charge in [0, 0.05) is 16.6 Å². The summed E-state index contributed by atoms with van der Waals surface area (Å²) in [5.74, 6) is -1.25. The van der Waals surface area contributed by atoms with Gasteiger partial charge in [-0.3, -0.25) is 0 Å². The number of hydrogen-bond acceptors (Lipinski definition) is 3. The van der Waals surface area contributed by atoms with Crippen LogP contribution in [0.25, 0.3) is 0 Å². The van der Waals surface area contributed by atoms with Crippen molar-refractivity contribution in [2.45, 2.75) is 12.8 Å². The number of aliphatic carboxylic acids is 1. The predicted molar refractivity (Wildman–Crippen MR) is 69.9 cm³/mol. The van der Waals surface area contributed by atoms with E-state index in [1.54, 1.807) is 18.2 Å². The molecule has 1 aliphatic rings. The molecule has 1 heterocycles. The molecule has 0 saturated heterocycles. The summed E-state index contributed by atoms with van der Waals surface area (Å²) >= 11 is 5.93. The summed E-state index contributed by atoms with van der Waals surface area (Å²) in [6.45, 7) is 1.84. The monoisotopic (exact) mass is 264 g/mol. The number of rotatable bonds is 2. The van der Waals surface area contributed by atoms with E-state index in [2.05, 4.69) is 5.32 Å². The topological polar surface area (TPSA) is 75.3 Å². The van der Waals surface area contributed by atoms with Crippen LogP contribution in [0.5, 0.6) is 0 Å². The molecule has 0 aliphatic carbocycles. The highest BCUT2D eigenvalue weighted by molar-refractivity contribution is 6.30. The third kappa shape index (κ3) is 2.33. The second-order valence-electron chi connectivity index (χ2n) is 4.14. The maximum absolute atomic E-state index is 11.3. The Bertz CT molecular complexity index is 564. The van der Waals surface area contributed by atoms with Gasteiger partial charge in [-0.25, -0.2) is 4.79 Å². The van der Waals surface area contributed by atoms with Crippen molar-refractivity contribution in [3.63, 3.8) is 0 Å². The molecule has 1 aliphatic heterocycles. The minimum absolute atomic E-state index is 0.142. The summed E-state index contributed by atoms with van der Waals surface area (Å²) in [4.78, 5) is 11.3. The van der Waals surface area contributed by atoms with Gasteiger partial charge in [-0.15, -0.1) is 0 Å². The van der Waals surface area contributed by atoms with E-state index in [0.29, 0.717) is 5.02 Å². The van der Waals surface area contributed by atoms with Gasteiger partial charge in [-0.2, -0.15) is 0 Å². The van der Waals surface area contributed by atoms with Gasteiger partial charge in [-0.05, 0) is 24.6 Å². The average Bonchev–Trinajstić information content (AvgIpc) is 2.27. The zero-order valence-corrected chi connectivity index (χ0v) is 10.5. The van der Waals surface area contributed by atoms with Gasteiger partial charge in [-0.1, -0.05) is 29.8 Å². The number of carbonyl (C=O) groups is 1. The number of carboxylic acids is 1. The lowest BCUT2D eigenvalue weighted by atomic mass is 9.88. The number of hydrogen-bond donors (Lipinski definition) is 3. The van der Waals surface area contributed by atoms with Crippen LogP contribution in [-0.4, -0.2) is 11.1 Å². The van der Waals surface area contributed by atoms with Crippen molar-refractivity contribution in [3.8, 4) is 0 Å². The minimum Gasteiger partial charge on any atom is -0.478 e. The Kier molecular flexibility index (Phi) is 3.30. The summed E-state index contributed by atoms with van der Waals surface area (Å²) in [6.07, 6.45) is 1.82. The average molecular weight is 265 g/mol. The second-order valence-corrected chi connectivity index (χ2v) is 4.58. The highest BCUT2D eigenvalue weighted by atomic mass is 35.5. The molecule has 0 bridgehead atoms. The van der Waals surface area contributed by atoms with E-state index in [4.69, 9.17) is 17.3 Å². The first kappa shape index (κ1) is 12.5. The van der Waals surface area contributed by atoms with Crippen LogP contribution in [0.4, 0.5) is 0 Å². The van der Waals surface area contributed by atoms with Crippen LogP contribution in [-0.2, 0) is 4.79 Å². The molecular weight excluding hydrogens is 252 g/mol. The van der Waals surface area contributed by atoms with Crippen molar-refractivity contribution in [2.75, 3.05) is 0 Å². The highest BCUT2D eigenvalue weighted by Crippen LogP contribution is 2.31. The number of nitrogens with one attached hydrogen (secondary N) is 1.